The molecule has 0 fully saturated rings. The van der Waals surface area contributed by atoms with Gasteiger partial charge in [0.15, 0.2) is 0 Å². The Morgan fingerprint density at radius 2 is 0.841 bits per heavy atom. The summed E-state index contributed by atoms with van der Waals surface area (Å²) in [6.07, 6.45) is -8.00. The van der Waals surface area contributed by atoms with E-state index in [0.29, 0.717) is 0 Å². The van der Waals surface area contributed by atoms with Crippen LogP contribution in [0.5, 0.6) is 0 Å². The van der Waals surface area contributed by atoms with Gasteiger partial charge in [0, 0.05) is 16.6 Å². The molecule has 0 spiro atoms. The minimum absolute atomic E-state index is 0. The van der Waals surface area contributed by atoms with E-state index in [4.69, 9.17) is 0 Å². The number of alkyl halides is 21. The molecule has 1 aromatic rings. The third-order valence-corrected chi connectivity index (χ3v) is 6.77. The fraction of sp³-hybridized carbons (Fsp3) is 0.625. The molecule has 1 aromatic carbocycles. The molecule has 0 amide bonds. The fourth-order valence-electron chi connectivity index (χ4n) is 2.47. The maximum Gasteiger partial charge on any atom is 1.00 e. The van der Waals surface area contributed by atoms with Crippen LogP contribution in [0.4, 0.5) is 101 Å². The Hall–Kier alpha value is -1.33. The molecule has 0 saturated heterocycles. The van der Waals surface area contributed by atoms with Crippen molar-refractivity contribution in [1.29, 1.82) is 0 Å². The molecule has 0 heterocycles. The quantitative estimate of drug-likeness (QED) is 0.129. The molecule has 0 saturated carbocycles. The number of benzene rings is 1. The SMILES string of the molecule is O=S([O-])C(F)(F)C(F)(F)Sc1c(F)cc(C(F)(F)C(F)(F)C(F)(F)C(F)(F)C(F)(F)C(F)(F)C(F)(F)C(F)(F)F)cc1F.[Li+]. The van der Waals surface area contributed by atoms with Crippen LogP contribution < -0.4 is 18.9 Å². The average molecular weight is 734 g/mol. The van der Waals surface area contributed by atoms with Crippen molar-refractivity contribution < 1.29 is 129 Å². The molecule has 0 N–H and O–H groups in total. The molecule has 0 radical (unpaired) electrons. The third kappa shape index (κ3) is 5.95. The molecule has 0 aliphatic carbocycles. The van der Waals surface area contributed by atoms with Gasteiger partial charge >= 0.3 is 77.0 Å². The summed E-state index contributed by atoms with van der Waals surface area (Å²) < 4.78 is 328. The Kier molecular flexibility index (Phi) is 11.4. The molecule has 1 rings (SSSR count). The summed E-state index contributed by atoms with van der Waals surface area (Å²) in [4.78, 5) is -2.70. The van der Waals surface area contributed by atoms with Gasteiger partial charge in [0.1, 0.15) is 11.6 Å². The first kappa shape index (κ1) is 42.7. The second-order valence-corrected chi connectivity index (χ2v) is 9.77. The molecule has 0 aliphatic rings. The molecule has 252 valence electrons. The third-order valence-electron chi connectivity index (χ3n) is 4.86. The Bertz CT molecular complexity index is 1220. The summed E-state index contributed by atoms with van der Waals surface area (Å²) in [5, 5.41) is -12.4. The fourth-order valence-corrected chi connectivity index (χ4v) is 3.68. The van der Waals surface area contributed by atoms with Crippen LogP contribution in [0.1, 0.15) is 5.56 Å². The van der Waals surface area contributed by atoms with Gasteiger partial charge in [-0.15, -0.1) is 0 Å². The van der Waals surface area contributed by atoms with Gasteiger partial charge in [-0.2, -0.15) is 92.2 Å². The van der Waals surface area contributed by atoms with Crippen molar-refractivity contribution in [2.45, 2.75) is 63.0 Å². The van der Waals surface area contributed by atoms with Crippen LogP contribution in [0.2, 0.25) is 0 Å². The first-order chi connectivity index (χ1) is 18.4. The zero-order valence-corrected chi connectivity index (χ0v) is 21.1. The van der Waals surface area contributed by atoms with Gasteiger partial charge in [0.05, 0.1) is 4.90 Å². The number of rotatable bonds is 11. The molecule has 0 aliphatic heterocycles. The van der Waals surface area contributed by atoms with E-state index < -0.39 is 115 Å². The zero-order valence-electron chi connectivity index (χ0n) is 19.5. The standard InChI is InChI=1S/C16H3F23O2S2.Li/c17-4-1-3(2-5(18)6(4)42-15(36,37)16(38,39)43(40)41)7(19,20)8(21,22)9(23,24)10(25,26)11(27,28)12(29,30)13(31,32)14(33,34)35;/h1-2H,(H,40,41);/q;+1/p-1. The molecule has 2 nitrogen and oxygen atoms in total. The van der Waals surface area contributed by atoms with E-state index in [9.17, 15) is 110 Å². The second-order valence-electron chi connectivity index (χ2n) is 7.66. The van der Waals surface area contributed by atoms with Gasteiger partial charge < -0.3 is 4.55 Å². The van der Waals surface area contributed by atoms with E-state index in [1.807, 2.05) is 0 Å². The van der Waals surface area contributed by atoms with Crippen LogP contribution in [0.25, 0.3) is 0 Å². The summed E-state index contributed by atoms with van der Waals surface area (Å²) in [5.74, 6) is -66.5. The predicted molar refractivity (Wildman–Crippen MR) is 90.7 cm³/mol. The molecule has 28 heteroatoms. The van der Waals surface area contributed by atoms with E-state index in [2.05, 4.69) is 0 Å². The smallest absolute Gasteiger partial charge is 0.768 e. The average Bonchev–Trinajstić information content (AvgIpc) is 2.79. The molecule has 0 aromatic heterocycles. The molecule has 44 heavy (non-hydrogen) atoms. The van der Waals surface area contributed by atoms with E-state index >= 15 is 0 Å². The molecule has 1 atom stereocenters. The van der Waals surface area contributed by atoms with Gasteiger partial charge in [-0.25, -0.2) is 8.78 Å². The van der Waals surface area contributed by atoms with Crippen LogP contribution in [0.15, 0.2) is 17.0 Å². The minimum Gasteiger partial charge on any atom is -0.768 e. The second kappa shape index (κ2) is 11.7. The van der Waals surface area contributed by atoms with Crippen molar-refractivity contribution in [3.05, 3.63) is 29.3 Å². The van der Waals surface area contributed by atoms with Crippen LogP contribution in [-0.4, -0.2) is 61.0 Å². The van der Waals surface area contributed by atoms with Crippen LogP contribution in [-0.2, 0) is 17.0 Å². The maximum atomic E-state index is 14.2. The maximum absolute atomic E-state index is 14.2. The number of hydrogen-bond donors (Lipinski definition) is 0. The molecule has 1 unspecified atom stereocenters. The normalized spacial score (nSPS) is 16.1. The van der Waals surface area contributed by atoms with Gasteiger partial charge in [0.25, 0.3) is 0 Å². The summed E-state index contributed by atoms with van der Waals surface area (Å²) in [6, 6.07) is -3.05. The van der Waals surface area contributed by atoms with Gasteiger partial charge in [-0.1, -0.05) is 0 Å². The predicted octanol–water partition coefficient (Wildman–Crippen LogP) is 5.59. The number of halogens is 23. The van der Waals surface area contributed by atoms with E-state index in [-0.39, 0.29) is 18.9 Å². The molecule has 0 bridgehead atoms. The van der Waals surface area contributed by atoms with Crippen LogP contribution >= 0.6 is 11.8 Å². The Morgan fingerprint density at radius 1 is 0.545 bits per heavy atom. The minimum atomic E-state index is -9.03. The van der Waals surface area contributed by atoms with E-state index in [0.717, 1.165) is 0 Å². The molecular weight excluding hydrogens is 732 g/mol. The van der Waals surface area contributed by atoms with Crippen LogP contribution in [0, 0.1) is 11.6 Å². The summed E-state index contributed by atoms with van der Waals surface area (Å²) >= 11 is -7.29. The molecular formula is C16H2F23LiO2S2. The van der Waals surface area contributed by atoms with E-state index in [1.165, 1.54) is 0 Å². The van der Waals surface area contributed by atoms with Crippen molar-refractivity contribution in [3.8, 4) is 0 Å². The summed E-state index contributed by atoms with van der Waals surface area (Å²) in [6.45, 7) is 0. The Morgan fingerprint density at radius 3 is 1.14 bits per heavy atom. The van der Waals surface area contributed by atoms with Crippen molar-refractivity contribution in [2.75, 3.05) is 0 Å². The first-order valence-electron chi connectivity index (χ1n) is 9.20. The number of thioether (sulfide) groups is 1. The van der Waals surface area contributed by atoms with Crippen molar-refractivity contribution in [3.63, 3.8) is 0 Å². The van der Waals surface area contributed by atoms with Crippen molar-refractivity contribution in [1.82, 2.24) is 0 Å². The summed E-state index contributed by atoms with van der Waals surface area (Å²) in [7, 11) is 0. The van der Waals surface area contributed by atoms with Crippen molar-refractivity contribution >= 4 is 22.8 Å². The summed E-state index contributed by atoms with van der Waals surface area (Å²) in [5.41, 5.74) is -3.49. The monoisotopic (exact) mass is 734 g/mol. The Balaban J connectivity index is 0.0000185. The largest absolute Gasteiger partial charge is 1.00 e. The van der Waals surface area contributed by atoms with Crippen molar-refractivity contribution in [2.24, 2.45) is 0 Å². The van der Waals surface area contributed by atoms with Gasteiger partial charge in [-0.3, -0.25) is 4.21 Å². The van der Waals surface area contributed by atoms with Crippen LogP contribution in [0.3, 0.4) is 0 Å². The first-order valence-corrected chi connectivity index (χ1v) is 11.1. The zero-order chi connectivity index (χ0) is 35.0. The van der Waals surface area contributed by atoms with E-state index in [1.54, 1.807) is 0 Å². The number of hydrogen-bond acceptors (Lipinski definition) is 3. The topological polar surface area (TPSA) is 40.1 Å². The van der Waals surface area contributed by atoms with Gasteiger partial charge in [0.2, 0.25) is 0 Å². The van der Waals surface area contributed by atoms with Gasteiger partial charge in [-0.05, 0) is 23.9 Å². The Labute approximate surface area is 244 Å².